The molecule has 1 heterocycles. The molecular weight excluding hydrogens is 184 g/mol. The molecule has 0 saturated carbocycles. The van der Waals surface area contributed by atoms with E-state index in [4.69, 9.17) is 0 Å². The van der Waals surface area contributed by atoms with Crippen molar-refractivity contribution in [2.24, 2.45) is 0 Å². The van der Waals surface area contributed by atoms with Crippen LogP contribution in [0.2, 0.25) is 0 Å². The van der Waals surface area contributed by atoms with Gasteiger partial charge in [0.15, 0.2) is 0 Å². The highest BCUT2D eigenvalue weighted by Gasteiger charge is 2.20. The molecule has 1 aromatic rings. The Kier molecular flexibility index (Phi) is 2.96. The number of rotatable bonds is 2. The fourth-order valence-corrected chi connectivity index (χ4v) is 2.37. The molecule has 1 atom stereocenters. The molecule has 1 unspecified atom stereocenters. The molecule has 15 heavy (non-hydrogen) atoms. The monoisotopic (exact) mass is 204 g/mol. The van der Waals surface area contributed by atoms with Crippen molar-refractivity contribution in [3.8, 4) is 0 Å². The first-order valence-electron chi connectivity index (χ1n) is 5.69. The third-order valence-electron chi connectivity index (χ3n) is 3.31. The topological polar surface area (TPSA) is 15.3 Å². The molecule has 2 nitrogen and oxygen atoms in total. The van der Waals surface area contributed by atoms with Crippen molar-refractivity contribution < 1.29 is 0 Å². The molecular formula is C13H20N2. The standard InChI is InChI=1S/C13H20N2/c1-10-4-5-13(11(2)8-10)15(3)12-6-7-14-9-12/h4-5,8,12,14H,6-7,9H2,1-3H3. The van der Waals surface area contributed by atoms with E-state index < -0.39 is 0 Å². The summed E-state index contributed by atoms with van der Waals surface area (Å²) in [4.78, 5) is 2.41. The number of aryl methyl sites for hydroxylation is 2. The molecule has 0 bridgehead atoms. The van der Waals surface area contributed by atoms with E-state index in [0.29, 0.717) is 6.04 Å². The van der Waals surface area contributed by atoms with Crippen LogP contribution in [0.5, 0.6) is 0 Å². The zero-order valence-corrected chi connectivity index (χ0v) is 9.88. The quantitative estimate of drug-likeness (QED) is 0.793. The second kappa shape index (κ2) is 4.23. The minimum absolute atomic E-state index is 0.659. The highest BCUT2D eigenvalue weighted by molar-refractivity contribution is 5.54. The van der Waals surface area contributed by atoms with Crippen LogP contribution in [0.25, 0.3) is 0 Å². The molecule has 1 N–H and O–H groups in total. The van der Waals surface area contributed by atoms with Gasteiger partial charge in [0, 0.05) is 25.3 Å². The molecule has 1 aliphatic rings. The van der Waals surface area contributed by atoms with E-state index in [0.717, 1.165) is 13.1 Å². The van der Waals surface area contributed by atoms with Crippen molar-refractivity contribution in [2.45, 2.75) is 26.3 Å². The summed E-state index contributed by atoms with van der Waals surface area (Å²) in [5, 5.41) is 3.41. The van der Waals surface area contributed by atoms with Crippen LogP contribution in [0, 0.1) is 13.8 Å². The summed E-state index contributed by atoms with van der Waals surface area (Å²) in [6.07, 6.45) is 1.25. The van der Waals surface area contributed by atoms with Crippen LogP contribution in [-0.4, -0.2) is 26.2 Å². The van der Waals surface area contributed by atoms with Gasteiger partial charge in [0.05, 0.1) is 0 Å². The average molecular weight is 204 g/mol. The lowest BCUT2D eigenvalue weighted by Crippen LogP contribution is -2.33. The zero-order chi connectivity index (χ0) is 10.8. The molecule has 1 aliphatic heterocycles. The minimum Gasteiger partial charge on any atom is -0.370 e. The van der Waals surface area contributed by atoms with Crippen LogP contribution in [0.15, 0.2) is 18.2 Å². The fraction of sp³-hybridized carbons (Fsp3) is 0.538. The third kappa shape index (κ3) is 2.15. The maximum atomic E-state index is 3.41. The Morgan fingerprint density at radius 1 is 1.33 bits per heavy atom. The van der Waals surface area contributed by atoms with E-state index in [1.54, 1.807) is 0 Å². The largest absolute Gasteiger partial charge is 0.370 e. The Morgan fingerprint density at radius 2 is 2.13 bits per heavy atom. The van der Waals surface area contributed by atoms with Crippen molar-refractivity contribution in [2.75, 3.05) is 25.0 Å². The summed E-state index contributed by atoms with van der Waals surface area (Å²) >= 11 is 0. The summed E-state index contributed by atoms with van der Waals surface area (Å²) in [7, 11) is 2.20. The lowest BCUT2D eigenvalue weighted by Gasteiger charge is -2.27. The summed E-state index contributed by atoms with van der Waals surface area (Å²) < 4.78 is 0. The normalized spacial score (nSPS) is 20.6. The minimum atomic E-state index is 0.659. The number of nitrogens with one attached hydrogen (secondary N) is 1. The number of hydrogen-bond donors (Lipinski definition) is 1. The van der Waals surface area contributed by atoms with Gasteiger partial charge in [0.2, 0.25) is 0 Å². The SMILES string of the molecule is Cc1ccc(N(C)C2CCNC2)c(C)c1. The molecule has 0 radical (unpaired) electrons. The van der Waals surface area contributed by atoms with Gasteiger partial charge in [0.25, 0.3) is 0 Å². The number of benzene rings is 1. The van der Waals surface area contributed by atoms with E-state index in [1.165, 1.54) is 23.2 Å². The van der Waals surface area contributed by atoms with Crippen molar-refractivity contribution in [1.82, 2.24) is 5.32 Å². The van der Waals surface area contributed by atoms with Crippen LogP contribution >= 0.6 is 0 Å². The van der Waals surface area contributed by atoms with E-state index >= 15 is 0 Å². The molecule has 1 saturated heterocycles. The molecule has 1 fully saturated rings. The van der Waals surface area contributed by atoms with Crippen LogP contribution in [-0.2, 0) is 0 Å². The van der Waals surface area contributed by atoms with Gasteiger partial charge in [-0.15, -0.1) is 0 Å². The van der Waals surface area contributed by atoms with E-state index in [9.17, 15) is 0 Å². The Labute approximate surface area is 92.3 Å². The van der Waals surface area contributed by atoms with Crippen molar-refractivity contribution in [3.63, 3.8) is 0 Å². The second-order valence-electron chi connectivity index (χ2n) is 4.55. The van der Waals surface area contributed by atoms with Gasteiger partial charge in [-0.2, -0.15) is 0 Å². The Hall–Kier alpha value is -1.02. The lowest BCUT2D eigenvalue weighted by molar-refractivity contribution is 0.684. The first kappa shape index (κ1) is 10.5. The van der Waals surface area contributed by atoms with Gasteiger partial charge in [-0.05, 0) is 38.4 Å². The number of nitrogens with zero attached hydrogens (tertiary/aromatic N) is 1. The number of anilines is 1. The maximum Gasteiger partial charge on any atom is 0.0423 e. The van der Waals surface area contributed by atoms with Crippen LogP contribution < -0.4 is 10.2 Å². The first-order valence-corrected chi connectivity index (χ1v) is 5.69. The molecule has 2 rings (SSSR count). The van der Waals surface area contributed by atoms with Gasteiger partial charge in [-0.3, -0.25) is 0 Å². The second-order valence-corrected chi connectivity index (χ2v) is 4.55. The van der Waals surface area contributed by atoms with Gasteiger partial charge >= 0.3 is 0 Å². The third-order valence-corrected chi connectivity index (χ3v) is 3.31. The van der Waals surface area contributed by atoms with Crippen LogP contribution in [0.1, 0.15) is 17.5 Å². The lowest BCUT2D eigenvalue weighted by atomic mass is 10.1. The molecule has 82 valence electrons. The van der Waals surface area contributed by atoms with Crippen LogP contribution in [0.4, 0.5) is 5.69 Å². The highest BCUT2D eigenvalue weighted by atomic mass is 15.2. The maximum absolute atomic E-state index is 3.41. The van der Waals surface area contributed by atoms with Crippen molar-refractivity contribution in [3.05, 3.63) is 29.3 Å². The first-order chi connectivity index (χ1) is 7.18. The van der Waals surface area contributed by atoms with Crippen LogP contribution in [0.3, 0.4) is 0 Å². The summed E-state index contributed by atoms with van der Waals surface area (Å²) in [5.41, 5.74) is 4.09. The summed E-state index contributed by atoms with van der Waals surface area (Å²) in [6.45, 7) is 6.61. The summed E-state index contributed by atoms with van der Waals surface area (Å²) in [6, 6.07) is 7.35. The van der Waals surface area contributed by atoms with E-state index in [2.05, 4.69) is 49.3 Å². The van der Waals surface area contributed by atoms with Gasteiger partial charge in [-0.1, -0.05) is 17.7 Å². The van der Waals surface area contributed by atoms with E-state index in [1.807, 2.05) is 0 Å². The van der Waals surface area contributed by atoms with E-state index in [-0.39, 0.29) is 0 Å². The van der Waals surface area contributed by atoms with Gasteiger partial charge in [0.1, 0.15) is 0 Å². The molecule has 2 heteroatoms. The Morgan fingerprint density at radius 3 is 2.73 bits per heavy atom. The van der Waals surface area contributed by atoms with Crippen molar-refractivity contribution >= 4 is 5.69 Å². The molecule has 0 aliphatic carbocycles. The number of likely N-dealkylation sites (N-methyl/N-ethyl adjacent to an activating group) is 1. The molecule has 0 aromatic heterocycles. The molecule has 0 amide bonds. The van der Waals surface area contributed by atoms with Crippen molar-refractivity contribution in [1.29, 1.82) is 0 Å². The predicted octanol–water partition coefficient (Wildman–Crippen LogP) is 2.10. The Balaban J connectivity index is 2.20. The zero-order valence-electron chi connectivity index (χ0n) is 9.88. The van der Waals surface area contributed by atoms with Gasteiger partial charge in [-0.25, -0.2) is 0 Å². The number of hydrogen-bond acceptors (Lipinski definition) is 2. The molecule has 1 aromatic carbocycles. The highest BCUT2D eigenvalue weighted by Crippen LogP contribution is 2.23. The smallest absolute Gasteiger partial charge is 0.0423 e. The van der Waals surface area contributed by atoms with Gasteiger partial charge < -0.3 is 10.2 Å². The Bertz CT molecular complexity index is 340. The summed E-state index contributed by atoms with van der Waals surface area (Å²) in [5.74, 6) is 0. The average Bonchev–Trinajstić information content (AvgIpc) is 2.69. The predicted molar refractivity (Wildman–Crippen MR) is 65.6 cm³/mol. The fourth-order valence-electron chi connectivity index (χ4n) is 2.37. The molecule has 0 spiro atoms.